The molecule has 0 bridgehead atoms. The van der Waals surface area contributed by atoms with Gasteiger partial charge in [-0.05, 0) is 53.2 Å². The molecule has 0 saturated heterocycles. The first-order chi connectivity index (χ1) is 19.8. The van der Waals surface area contributed by atoms with E-state index in [9.17, 15) is 0 Å². The molecule has 4 aromatic heterocycles. The number of fused-ring (bicyclic) bond motifs is 8. The first-order valence-electron chi connectivity index (χ1n) is 13.3. The second-order valence-electron chi connectivity index (χ2n) is 10.1. The highest BCUT2D eigenvalue weighted by Gasteiger charge is 2.22. The van der Waals surface area contributed by atoms with Gasteiger partial charge in [-0.25, -0.2) is 4.98 Å². The molecule has 5 nitrogen and oxygen atoms in total. The SMILES string of the molecule is c1ccc2cc3c(cc2c1)c1ccccc1n3-c1nc2oc3ccccc3c2nc1-c1ccc2cccnc2c1. The van der Waals surface area contributed by atoms with E-state index < -0.39 is 0 Å². The summed E-state index contributed by atoms with van der Waals surface area (Å²) >= 11 is 0. The van der Waals surface area contributed by atoms with E-state index in [-0.39, 0.29) is 0 Å². The van der Waals surface area contributed by atoms with Gasteiger partial charge in [0.15, 0.2) is 5.82 Å². The molecule has 0 unspecified atom stereocenters. The molecule has 4 heterocycles. The van der Waals surface area contributed by atoms with Crippen LogP contribution in [0.15, 0.2) is 126 Å². The van der Waals surface area contributed by atoms with Crippen molar-refractivity contribution in [2.75, 3.05) is 0 Å². The third-order valence-electron chi connectivity index (χ3n) is 7.83. The zero-order chi connectivity index (χ0) is 26.2. The number of aromatic nitrogens is 4. The quantitative estimate of drug-likeness (QED) is 0.232. The van der Waals surface area contributed by atoms with Crippen LogP contribution in [-0.4, -0.2) is 19.5 Å². The molecule has 0 atom stereocenters. The summed E-state index contributed by atoms with van der Waals surface area (Å²) in [5.74, 6) is 0.725. The summed E-state index contributed by atoms with van der Waals surface area (Å²) in [7, 11) is 0. The number of furan rings is 1. The Kier molecular flexibility index (Phi) is 4.27. The smallest absolute Gasteiger partial charge is 0.248 e. The highest BCUT2D eigenvalue weighted by atomic mass is 16.3. The molecule has 0 fully saturated rings. The van der Waals surface area contributed by atoms with Gasteiger partial charge >= 0.3 is 0 Å². The molecule has 0 spiro atoms. The van der Waals surface area contributed by atoms with E-state index in [4.69, 9.17) is 14.4 Å². The van der Waals surface area contributed by atoms with E-state index in [1.807, 2.05) is 36.5 Å². The minimum absolute atomic E-state index is 0.519. The average molecular weight is 513 g/mol. The van der Waals surface area contributed by atoms with Gasteiger partial charge in [0.05, 0.1) is 16.6 Å². The Bertz CT molecular complexity index is 2450. The second kappa shape index (κ2) is 7.98. The molecule has 0 aliphatic carbocycles. The molecule has 9 aromatic rings. The van der Waals surface area contributed by atoms with Gasteiger partial charge in [-0.1, -0.05) is 72.8 Å². The number of para-hydroxylation sites is 2. The Hall–Kier alpha value is -5.55. The predicted octanol–water partition coefficient (Wildman–Crippen LogP) is 8.84. The van der Waals surface area contributed by atoms with Crippen LogP contribution in [0.3, 0.4) is 0 Å². The Morgan fingerprint density at radius 2 is 1.35 bits per heavy atom. The van der Waals surface area contributed by atoms with Crippen molar-refractivity contribution < 1.29 is 4.42 Å². The van der Waals surface area contributed by atoms with E-state index in [1.165, 1.54) is 21.5 Å². The third-order valence-corrected chi connectivity index (χ3v) is 7.83. The monoisotopic (exact) mass is 512 g/mol. The molecular formula is C35H20N4O. The van der Waals surface area contributed by atoms with E-state index in [0.717, 1.165) is 55.5 Å². The van der Waals surface area contributed by atoms with Crippen molar-refractivity contribution in [1.29, 1.82) is 0 Å². The lowest BCUT2D eigenvalue weighted by molar-refractivity contribution is 0.652. The van der Waals surface area contributed by atoms with Crippen LogP contribution in [0.4, 0.5) is 0 Å². The Labute approximate surface area is 228 Å². The van der Waals surface area contributed by atoms with E-state index in [1.54, 1.807) is 0 Å². The maximum atomic E-state index is 6.25. The molecule has 5 aromatic carbocycles. The van der Waals surface area contributed by atoms with Gasteiger partial charge in [0.2, 0.25) is 5.71 Å². The van der Waals surface area contributed by atoms with Crippen molar-refractivity contribution in [2.24, 2.45) is 0 Å². The van der Waals surface area contributed by atoms with Gasteiger partial charge in [-0.3, -0.25) is 9.55 Å². The fraction of sp³-hybridized carbons (Fsp3) is 0. The van der Waals surface area contributed by atoms with Crippen molar-refractivity contribution in [1.82, 2.24) is 19.5 Å². The highest BCUT2D eigenvalue weighted by Crippen LogP contribution is 2.39. The molecule has 9 rings (SSSR count). The van der Waals surface area contributed by atoms with Gasteiger partial charge in [-0.15, -0.1) is 0 Å². The summed E-state index contributed by atoms with van der Waals surface area (Å²) in [6.45, 7) is 0. The molecule has 40 heavy (non-hydrogen) atoms. The highest BCUT2D eigenvalue weighted by molar-refractivity contribution is 6.14. The van der Waals surface area contributed by atoms with Crippen LogP contribution >= 0.6 is 0 Å². The largest absolute Gasteiger partial charge is 0.436 e. The summed E-state index contributed by atoms with van der Waals surface area (Å²) in [5, 5.41) is 6.75. The maximum Gasteiger partial charge on any atom is 0.248 e. The number of nitrogens with zero attached hydrogens (tertiary/aromatic N) is 4. The van der Waals surface area contributed by atoms with E-state index in [0.29, 0.717) is 5.71 Å². The van der Waals surface area contributed by atoms with E-state index >= 15 is 0 Å². The van der Waals surface area contributed by atoms with Crippen LogP contribution < -0.4 is 0 Å². The van der Waals surface area contributed by atoms with E-state index in [2.05, 4.69) is 94.5 Å². The molecule has 186 valence electrons. The van der Waals surface area contributed by atoms with Crippen molar-refractivity contribution in [3.8, 4) is 17.1 Å². The number of hydrogen-bond donors (Lipinski definition) is 0. The maximum absolute atomic E-state index is 6.25. The minimum Gasteiger partial charge on any atom is -0.436 e. The molecule has 0 amide bonds. The Morgan fingerprint density at radius 1 is 0.575 bits per heavy atom. The standard InChI is InChI=1S/C35H20N4O/c1-2-9-23-20-30-27(18-22(23)8-1)25-11-3-5-13-29(25)39(30)34-32(24-16-15-21-10-7-17-36-28(21)19-24)37-33-26-12-4-6-14-31(26)40-35(33)38-34/h1-20H. The lowest BCUT2D eigenvalue weighted by atomic mass is 10.1. The Balaban J connectivity index is 1.46. The molecule has 0 aliphatic heterocycles. The fourth-order valence-corrected chi connectivity index (χ4v) is 5.96. The van der Waals surface area contributed by atoms with Crippen molar-refractivity contribution >= 4 is 65.7 Å². The molecule has 0 aliphatic rings. The van der Waals surface area contributed by atoms with Crippen molar-refractivity contribution in [3.05, 3.63) is 121 Å². The summed E-state index contributed by atoms with van der Waals surface area (Å²) in [6, 6.07) is 39.8. The second-order valence-corrected chi connectivity index (χ2v) is 10.1. The molecule has 5 heteroatoms. The van der Waals surface area contributed by atoms with Crippen molar-refractivity contribution in [3.63, 3.8) is 0 Å². The number of benzene rings is 5. The zero-order valence-corrected chi connectivity index (χ0v) is 21.2. The van der Waals surface area contributed by atoms with Crippen LogP contribution in [-0.2, 0) is 0 Å². The predicted molar refractivity (Wildman–Crippen MR) is 162 cm³/mol. The fourth-order valence-electron chi connectivity index (χ4n) is 5.96. The molecular weight excluding hydrogens is 492 g/mol. The molecule has 0 radical (unpaired) electrons. The van der Waals surface area contributed by atoms with Gasteiger partial charge in [0.1, 0.15) is 16.8 Å². The topological polar surface area (TPSA) is 56.7 Å². The molecule has 0 N–H and O–H groups in total. The Morgan fingerprint density at radius 3 is 2.27 bits per heavy atom. The number of hydrogen-bond acceptors (Lipinski definition) is 4. The molecule has 0 saturated carbocycles. The number of rotatable bonds is 2. The lowest BCUT2D eigenvalue weighted by Gasteiger charge is -2.13. The summed E-state index contributed by atoms with van der Waals surface area (Å²) in [4.78, 5) is 15.1. The zero-order valence-electron chi connectivity index (χ0n) is 21.2. The van der Waals surface area contributed by atoms with Crippen LogP contribution in [0, 0.1) is 0 Å². The van der Waals surface area contributed by atoms with Crippen LogP contribution in [0.2, 0.25) is 0 Å². The average Bonchev–Trinajstić information content (AvgIpc) is 3.53. The summed E-state index contributed by atoms with van der Waals surface area (Å²) in [5.41, 5.74) is 6.83. The van der Waals surface area contributed by atoms with Crippen LogP contribution in [0.25, 0.3) is 82.8 Å². The van der Waals surface area contributed by atoms with Crippen LogP contribution in [0.1, 0.15) is 0 Å². The first-order valence-corrected chi connectivity index (χ1v) is 13.3. The number of pyridine rings is 1. The van der Waals surface area contributed by atoms with Gasteiger partial charge < -0.3 is 4.42 Å². The third kappa shape index (κ3) is 3.00. The van der Waals surface area contributed by atoms with Gasteiger partial charge in [0.25, 0.3) is 0 Å². The van der Waals surface area contributed by atoms with Crippen molar-refractivity contribution in [2.45, 2.75) is 0 Å². The summed E-state index contributed by atoms with van der Waals surface area (Å²) in [6.07, 6.45) is 1.82. The summed E-state index contributed by atoms with van der Waals surface area (Å²) < 4.78 is 8.48. The normalized spacial score (nSPS) is 12.0. The van der Waals surface area contributed by atoms with Crippen LogP contribution in [0.5, 0.6) is 0 Å². The first kappa shape index (κ1) is 21.4. The minimum atomic E-state index is 0.519. The van der Waals surface area contributed by atoms with Gasteiger partial charge in [0, 0.05) is 33.3 Å². The lowest BCUT2D eigenvalue weighted by Crippen LogP contribution is -2.03. The van der Waals surface area contributed by atoms with Gasteiger partial charge in [-0.2, -0.15) is 4.98 Å².